The highest BCUT2D eigenvalue weighted by molar-refractivity contribution is 5.88. The van der Waals surface area contributed by atoms with E-state index < -0.39 is 24.1 Å². The first-order valence-electron chi connectivity index (χ1n) is 11.4. The average Bonchev–Trinajstić information content (AvgIpc) is 3.16. The molecular weight excluding hydrogens is 396 g/mol. The second-order valence-corrected chi connectivity index (χ2v) is 8.66. The number of rotatable bonds is 9. The molecule has 31 heavy (non-hydrogen) atoms. The molecule has 0 bridgehead atoms. The number of carboxylic acid groups (broad SMARTS) is 1. The second-order valence-electron chi connectivity index (χ2n) is 8.66. The van der Waals surface area contributed by atoms with Gasteiger partial charge in [0, 0.05) is 6.04 Å². The summed E-state index contributed by atoms with van der Waals surface area (Å²) in [5.74, 6) is -1.31. The Labute approximate surface area is 184 Å². The minimum atomic E-state index is -0.944. The highest BCUT2D eigenvalue weighted by Gasteiger charge is 2.48. The standard InChI is InChI=1S/C24H34N2O5/c1-3-31-24(30)19(14-13-17-9-5-4-6-10-17)25-16(2)22(27)26-20-12-8-7-11-18(20)15-21(26)23(28)29/h4-6,9-10,16,18-21,25H,3,7-8,11-15H2,1-2H3,(H,28,29)/t16?,18?,19-,20+,21+/m1/s1. The lowest BCUT2D eigenvalue weighted by molar-refractivity contribution is -0.152. The van der Waals surface area contributed by atoms with Gasteiger partial charge in [0.15, 0.2) is 0 Å². The smallest absolute Gasteiger partial charge is 0.326 e. The van der Waals surface area contributed by atoms with Crippen molar-refractivity contribution in [1.29, 1.82) is 0 Å². The number of nitrogens with one attached hydrogen (secondary N) is 1. The number of ether oxygens (including phenoxy) is 1. The van der Waals surface area contributed by atoms with Gasteiger partial charge in [-0.3, -0.25) is 14.9 Å². The maximum Gasteiger partial charge on any atom is 0.326 e. The number of aryl methyl sites for hydroxylation is 1. The number of carbonyl (C=O) groups is 3. The molecule has 1 aliphatic carbocycles. The Morgan fingerprint density at radius 2 is 1.90 bits per heavy atom. The Morgan fingerprint density at radius 1 is 1.19 bits per heavy atom. The number of hydrogen-bond donors (Lipinski definition) is 2. The van der Waals surface area contributed by atoms with Crippen molar-refractivity contribution < 1.29 is 24.2 Å². The van der Waals surface area contributed by atoms with Crippen LogP contribution in [-0.2, 0) is 25.5 Å². The van der Waals surface area contributed by atoms with E-state index in [1.807, 2.05) is 30.3 Å². The fourth-order valence-electron chi connectivity index (χ4n) is 5.06. The number of amides is 1. The summed E-state index contributed by atoms with van der Waals surface area (Å²) in [4.78, 5) is 39.3. The first-order valence-corrected chi connectivity index (χ1v) is 11.4. The molecular formula is C24H34N2O5. The molecule has 2 aliphatic rings. The summed E-state index contributed by atoms with van der Waals surface area (Å²) in [6, 6.07) is 7.75. The topological polar surface area (TPSA) is 95.9 Å². The molecule has 1 aromatic carbocycles. The van der Waals surface area contributed by atoms with E-state index in [1.54, 1.807) is 18.7 Å². The lowest BCUT2D eigenvalue weighted by Crippen LogP contribution is -2.55. The van der Waals surface area contributed by atoms with Crippen molar-refractivity contribution in [2.24, 2.45) is 5.92 Å². The van der Waals surface area contributed by atoms with Crippen LogP contribution in [0.2, 0.25) is 0 Å². The summed E-state index contributed by atoms with van der Waals surface area (Å²) in [5.41, 5.74) is 1.10. The van der Waals surface area contributed by atoms with E-state index in [0.717, 1.165) is 31.2 Å². The van der Waals surface area contributed by atoms with E-state index in [2.05, 4.69) is 5.32 Å². The predicted molar refractivity (Wildman–Crippen MR) is 116 cm³/mol. The molecule has 1 aliphatic heterocycles. The molecule has 7 heteroatoms. The highest BCUT2D eigenvalue weighted by atomic mass is 16.5. The third-order valence-corrected chi connectivity index (χ3v) is 6.58. The van der Waals surface area contributed by atoms with Crippen LogP contribution in [0.15, 0.2) is 30.3 Å². The zero-order valence-corrected chi connectivity index (χ0v) is 18.5. The molecule has 1 saturated heterocycles. The van der Waals surface area contributed by atoms with Crippen LogP contribution >= 0.6 is 0 Å². The minimum absolute atomic E-state index is 0.0167. The number of esters is 1. The van der Waals surface area contributed by atoms with Gasteiger partial charge in [-0.1, -0.05) is 43.2 Å². The molecule has 1 amide bonds. The maximum atomic E-state index is 13.4. The van der Waals surface area contributed by atoms with Crippen LogP contribution in [0.4, 0.5) is 0 Å². The highest BCUT2D eigenvalue weighted by Crippen LogP contribution is 2.40. The van der Waals surface area contributed by atoms with Gasteiger partial charge in [-0.15, -0.1) is 0 Å². The third-order valence-electron chi connectivity index (χ3n) is 6.58. The van der Waals surface area contributed by atoms with Gasteiger partial charge in [0.2, 0.25) is 5.91 Å². The van der Waals surface area contributed by atoms with E-state index in [4.69, 9.17) is 4.74 Å². The number of carbonyl (C=O) groups excluding carboxylic acids is 2. The summed E-state index contributed by atoms with van der Waals surface area (Å²) in [5, 5.41) is 12.9. The molecule has 7 nitrogen and oxygen atoms in total. The van der Waals surface area contributed by atoms with Crippen LogP contribution in [0.3, 0.4) is 0 Å². The number of hydrogen-bond acceptors (Lipinski definition) is 5. The summed E-state index contributed by atoms with van der Waals surface area (Å²) in [7, 11) is 0. The van der Waals surface area contributed by atoms with Gasteiger partial charge in [-0.2, -0.15) is 0 Å². The lowest BCUT2D eigenvalue weighted by atomic mass is 9.84. The van der Waals surface area contributed by atoms with E-state index in [0.29, 0.717) is 19.3 Å². The Hall–Kier alpha value is -2.41. The van der Waals surface area contributed by atoms with Crippen molar-refractivity contribution in [3.8, 4) is 0 Å². The SMILES string of the molecule is CCOC(=O)[C@@H](CCc1ccccc1)NC(C)C(=O)N1[C@H](C(=O)O)CC2CCCC[C@@H]21. The number of nitrogens with zero attached hydrogens (tertiary/aromatic N) is 1. The molecule has 1 heterocycles. The Balaban J connectivity index is 1.70. The van der Waals surface area contributed by atoms with Crippen LogP contribution in [0, 0.1) is 5.92 Å². The van der Waals surface area contributed by atoms with Crippen LogP contribution in [-0.4, -0.2) is 58.6 Å². The number of aliphatic carboxylic acids is 1. The van der Waals surface area contributed by atoms with Gasteiger partial charge in [0.1, 0.15) is 12.1 Å². The Bertz CT molecular complexity index is 768. The van der Waals surface area contributed by atoms with E-state index >= 15 is 0 Å². The van der Waals surface area contributed by atoms with Gasteiger partial charge in [0.05, 0.1) is 12.6 Å². The van der Waals surface area contributed by atoms with Crippen molar-refractivity contribution >= 4 is 17.8 Å². The van der Waals surface area contributed by atoms with Gasteiger partial charge in [-0.25, -0.2) is 4.79 Å². The molecule has 1 saturated carbocycles. The zero-order valence-electron chi connectivity index (χ0n) is 18.5. The fourth-order valence-corrected chi connectivity index (χ4v) is 5.06. The van der Waals surface area contributed by atoms with Crippen LogP contribution in [0.5, 0.6) is 0 Å². The summed E-state index contributed by atoms with van der Waals surface area (Å²) >= 11 is 0. The molecule has 170 valence electrons. The van der Waals surface area contributed by atoms with E-state index in [-0.39, 0.29) is 30.4 Å². The zero-order chi connectivity index (χ0) is 22.4. The lowest BCUT2D eigenvalue weighted by Gasteiger charge is -2.35. The molecule has 5 atom stereocenters. The number of benzene rings is 1. The van der Waals surface area contributed by atoms with Crippen LogP contribution in [0.25, 0.3) is 0 Å². The average molecular weight is 431 g/mol. The largest absolute Gasteiger partial charge is 0.480 e. The first-order chi connectivity index (χ1) is 14.9. The van der Waals surface area contributed by atoms with Gasteiger partial charge >= 0.3 is 11.9 Å². The van der Waals surface area contributed by atoms with E-state index in [9.17, 15) is 19.5 Å². The molecule has 3 rings (SSSR count). The summed E-state index contributed by atoms with van der Waals surface area (Å²) in [6.45, 7) is 3.74. The minimum Gasteiger partial charge on any atom is -0.480 e. The molecule has 2 fully saturated rings. The van der Waals surface area contributed by atoms with Crippen molar-refractivity contribution in [2.75, 3.05) is 6.61 Å². The van der Waals surface area contributed by atoms with Crippen molar-refractivity contribution in [3.05, 3.63) is 35.9 Å². The van der Waals surface area contributed by atoms with E-state index in [1.165, 1.54) is 0 Å². The fraction of sp³-hybridized carbons (Fsp3) is 0.625. The first kappa shape index (κ1) is 23.3. The predicted octanol–water partition coefficient (Wildman–Crippen LogP) is 2.77. The van der Waals surface area contributed by atoms with Crippen molar-refractivity contribution in [1.82, 2.24) is 10.2 Å². The van der Waals surface area contributed by atoms with Crippen LogP contribution in [0.1, 0.15) is 57.9 Å². The molecule has 2 N–H and O–H groups in total. The number of fused-ring (bicyclic) bond motifs is 1. The molecule has 1 aromatic rings. The molecule has 0 spiro atoms. The molecule has 0 aromatic heterocycles. The van der Waals surface area contributed by atoms with Gasteiger partial charge in [0.25, 0.3) is 0 Å². The normalized spacial score (nSPS) is 24.8. The Morgan fingerprint density at radius 3 is 2.58 bits per heavy atom. The van der Waals surface area contributed by atoms with Gasteiger partial charge in [-0.05, 0) is 57.4 Å². The Kier molecular flexibility index (Phi) is 8.07. The van der Waals surface area contributed by atoms with Crippen molar-refractivity contribution in [2.45, 2.75) is 83.0 Å². The van der Waals surface area contributed by atoms with Crippen LogP contribution < -0.4 is 5.32 Å². The van der Waals surface area contributed by atoms with Crippen molar-refractivity contribution in [3.63, 3.8) is 0 Å². The monoisotopic (exact) mass is 430 g/mol. The summed E-state index contributed by atoms with van der Waals surface area (Å²) < 4.78 is 5.22. The summed E-state index contributed by atoms with van der Waals surface area (Å²) in [6.07, 6.45) is 5.62. The quantitative estimate of drug-likeness (QED) is 0.585. The van der Waals surface area contributed by atoms with Gasteiger partial charge < -0.3 is 14.7 Å². The molecule has 0 radical (unpaired) electrons. The number of likely N-dealkylation sites (tertiary alicyclic amines) is 1. The molecule has 2 unspecified atom stereocenters. The maximum absolute atomic E-state index is 13.4. The number of carboxylic acids is 1. The second kappa shape index (κ2) is 10.8. The third kappa shape index (κ3) is 5.64.